The topological polar surface area (TPSA) is 58.6 Å². The molecule has 0 aliphatic carbocycles. The van der Waals surface area contributed by atoms with Crippen molar-refractivity contribution in [3.63, 3.8) is 0 Å². The normalized spacial score (nSPS) is 14.3. The van der Waals surface area contributed by atoms with Crippen molar-refractivity contribution >= 4 is 17.5 Å². The Hall–Kier alpha value is -2.82. The lowest BCUT2D eigenvalue weighted by molar-refractivity contribution is 0.0761. The lowest BCUT2D eigenvalue weighted by atomic mass is 10.1. The molecule has 0 bridgehead atoms. The summed E-state index contributed by atoms with van der Waals surface area (Å²) in [6, 6.07) is 14.2. The van der Waals surface area contributed by atoms with Gasteiger partial charge in [0.25, 0.3) is 11.8 Å². The Morgan fingerprint density at radius 1 is 0.963 bits per heavy atom. The van der Waals surface area contributed by atoms with Crippen LogP contribution in [0.1, 0.15) is 53.3 Å². The smallest absolute Gasteiger partial charge is 0.255 e. The molecule has 5 heteroatoms. The highest BCUT2D eigenvalue weighted by Crippen LogP contribution is 2.18. The molecule has 0 unspecified atom stereocenters. The third-order valence-electron chi connectivity index (χ3n) is 4.69. The summed E-state index contributed by atoms with van der Waals surface area (Å²) in [7, 11) is 0. The molecular formula is C22H26N2O3. The average molecular weight is 366 g/mol. The highest BCUT2D eigenvalue weighted by molar-refractivity contribution is 6.06. The molecule has 0 atom stereocenters. The van der Waals surface area contributed by atoms with E-state index in [2.05, 4.69) is 5.32 Å². The van der Waals surface area contributed by atoms with Crippen molar-refractivity contribution in [3.05, 3.63) is 59.7 Å². The molecule has 1 N–H and O–H groups in total. The van der Waals surface area contributed by atoms with Crippen LogP contribution in [0.25, 0.3) is 0 Å². The molecule has 2 aromatic carbocycles. The van der Waals surface area contributed by atoms with Gasteiger partial charge in [-0.1, -0.05) is 18.9 Å². The summed E-state index contributed by atoms with van der Waals surface area (Å²) in [5, 5.41) is 2.86. The summed E-state index contributed by atoms with van der Waals surface area (Å²) >= 11 is 0. The molecule has 1 saturated heterocycles. The van der Waals surface area contributed by atoms with E-state index in [0.29, 0.717) is 23.4 Å². The van der Waals surface area contributed by atoms with E-state index in [1.165, 1.54) is 12.8 Å². The van der Waals surface area contributed by atoms with Gasteiger partial charge in [0, 0.05) is 29.9 Å². The lowest BCUT2D eigenvalue weighted by Gasteiger charge is -2.20. The van der Waals surface area contributed by atoms with Gasteiger partial charge in [-0.05, 0) is 62.2 Å². The van der Waals surface area contributed by atoms with Gasteiger partial charge in [-0.2, -0.15) is 0 Å². The molecule has 5 nitrogen and oxygen atoms in total. The highest BCUT2D eigenvalue weighted by atomic mass is 16.5. The third kappa shape index (κ3) is 5.09. The van der Waals surface area contributed by atoms with Crippen molar-refractivity contribution in [2.24, 2.45) is 0 Å². The third-order valence-corrected chi connectivity index (χ3v) is 4.69. The van der Waals surface area contributed by atoms with Crippen molar-refractivity contribution in [2.75, 3.05) is 25.0 Å². The Bertz CT molecular complexity index is 778. The molecule has 0 spiro atoms. The lowest BCUT2D eigenvalue weighted by Crippen LogP contribution is -2.32. The maximum Gasteiger partial charge on any atom is 0.255 e. The fourth-order valence-electron chi connectivity index (χ4n) is 3.25. The van der Waals surface area contributed by atoms with Crippen LogP contribution >= 0.6 is 0 Å². The maximum absolute atomic E-state index is 12.8. The summed E-state index contributed by atoms with van der Waals surface area (Å²) in [5.74, 6) is 0.540. The Morgan fingerprint density at radius 3 is 2.30 bits per heavy atom. The quantitative estimate of drug-likeness (QED) is 0.856. The van der Waals surface area contributed by atoms with Gasteiger partial charge in [-0.25, -0.2) is 0 Å². The van der Waals surface area contributed by atoms with Crippen molar-refractivity contribution in [1.29, 1.82) is 0 Å². The molecule has 27 heavy (non-hydrogen) atoms. The van der Waals surface area contributed by atoms with Crippen LogP contribution in [0.4, 0.5) is 5.69 Å². The van der Waals surface area contributed by atoms with Crippen LogP contribution in [-0.2, 0) is 0 Å². The number of benzene rings is 2. The van der Waals surface area contributed by atoms with Crippen LogP contribution in [0.5, 0.6) is 5.75 Å². The molecule has 1 aliphatic rings. The first-order valence-corrected chi connectivity index (χ1v) is 9.61. The minimum Gasteiger partial charge on any atom is -0.494 e. The van der Waals surface area contributed by atoms with Crippen molar-refractivity contribution < 1.29 is 14.3 Å². The predicted molar refractivity (Wildman–Crippen MR) is 106 cm³/mol. The number of amides is 2. The van der Waals surface area contributed by atoms with Gasteiger partial charge >= 0.3 is 0 Å². The second kappa shape index (κ2) is 9.21. The Labute approximate surface area is 160 Å². The number of carbonyl (C=O) groups excluding carboxylic acids is 2. The number of carbonyl (C=O) groups is 2. The Morgan fingerprint density at radius 2 is 1.63 bits per heavy atom. The Balaban J connectivity index is 1.68. The highest BCUT2D eigenvalue weighted by Gasteiger charge is 2.18. The summed E-state index contributed by atoms with van der Waals surface area (Å²) in [6.07, 6.45) is 4.44. The van der Waals surface area contributed by atoms with E-state index < -0.39 is 0 Å². The Kier molecular flexibility index (Phi) is 6.47. The zero-order valence-corrected chi connectivity index (χ0v) is 15.7. The second-order valence-electron chi connectivity index (χ2n) is 6.70. The van der Waals surface area contributed by atoms with E-state index in [1.807, 2.05) is 24.0 Å². The van der Waals surface area contributed by atoms with Crippen molar-refractivity contribution in [3.8, 4) is 5.75 Å². The van der Waals surface area contributed by atoms with Gasteiger partial charge in [0.2, 0.25) is 0 Å². The molecule has 1 aliphatic heterocycles. The van der Waals surface area contributed by atoms with Crippen LogP contribution in [0.2, 0.25) is 0 Å². The second-order valence-corrected chi connectivity index (χ2v) is 6.70. The molecule has 142 valence electrons. The van der Waals surface area contributed by atoms with E-state index in [1.54, 1.807) is 36.4 Å². The molecule has 0 radical (unpaired) electrons. The fraction of sp³-hybridized carbons (Fsp3) is 0.364. The van der Waals surface area contributed by atoms with Gasteiger partial charge in [-0.3, -0.25) is 9.59 Å². The molecule has 2 amide bonds. The SMILES string of the molecule is CCOc1ccc(NC(=O)c2cccc(C(=O)N3CCCCCC3)c2)cc1. The molecular weight excluding hydrogens is 340 g/mol. The first-order valence-electron chi connectivity index (χ1n) is 9.61. The van der Waals surface area contributed by atoms with Crippen LogP contribution in [0.3, 0.4) is 0 Å². The molecule has 0 aromatic heterocycles. The molecule has 1 fully saturated rings. The minimum absolute atomic E-state index is 0.00705. The van der Waals surface area contributed by atoms with Gasteiger partial charge in [0.15, 0.2) is 0 Å². The van der Waals surface area contributed by atoms with E-state index in [-0.39, 0.29) is 11.8 Å². The largest absolute Gasteiger partial charge is 0.494 e. The van der Waals surface area contributed by atoms with Gasteiger partial charge in [0.1, 0.15) is 5.75 Å². The number of hydrogen-bond acceptors (Lipinski definition) is 3. The summed E-state index contributed by atoms with van der Waals surface area (Å²) < 4.78 is 5.40. The van der Waals surface area contributed by atoms with E-state index in [4.69, 9.17) is 4.74 Å². The number of rotatable bonds is 5. The molecule has 1 heterocycles. The number of anilines is 1. The summed E-state index contributed by atoms with van der Waals surface area (Å²) in [4.78, 5) is 27.2. The van der Waals surface area contributed by atoms with Gasteiger partial charge in [-0.15, -0.1) is 0 Å². The number of ether oxygens (including phenoxy) is 1. The van der Waals surface area contributed by atoms with Crippen molar-refractivity contribution in [2.45, 2.75) is 32.6 Å². The van der Waals surface area contributed by atoms with Crippen molar-refractivity contribution in [1.82, 2.24) is 4.90 Å². The number of nitrogens with zero attached hydrogens (tertiary/aromatic N) is 1. The van der Waals surface area contributed by atoms with Crippen LogP contribution < -0.4 is 10.1 Å². The molecule has 2 aromatic rings. The van der Waals surface area contributed by atoms with E-state index >= 15 is 0 Å². The standard InChI is InChI=1S/C22H26N2O3/c1-2-27-20-12-10-19(11-13-20)23-21(25)17-8-7-9-18(16-17)22(26)24-14-5-3-4-6-15-24/h7-13,16H,2-6,14-15H2,1H3,(H,23,25). The monoisotopic (exact) mass is 366 g/mol. The average Bonchev–Trinajstić information content (AvgIpc) is 2.99. The first kappa shape index (κ1) is 19.0. The fourth-order valence-corrected chi connectivity index (χ4v) is 3.25. The summed E-state index contributed by atoms with van der Waals surface area (Å²) in [5.41, 5.74) is 1.73. The maximum atomic E-state index is 12.8. The minimum atomic E-state index is -0.232. The van der Waals surface area contributed by atoms with Crippen LogP contribution in [-0.4, -0.2) is 36.4 Å². The molecule has 3 rings (SSSR count). The number of likely N-dealkylation sites (tertiary alicyclic amines) is 1. The van der Waals surface area contributed by atoms with Gasteiger partial charge in [0.05, 0.1) is 6.61 Å². The van der Waals surface area contributed by atoms with Gasteiger partial charge < -0.3 is 15.0 Å². The molecule has 0 saturated carbocycles. The summed E-state index contributed by atoms with van der Waals surface area (Å²) in [6.45, 7) is 4.11. The van der Waals surface area contributed by atoms with E-state index in [0.717, 1.165) is 31.7 Å². The van der Waals surface area contributed by atoms with Crippen LogP contribution in [0, 0.1) is 0 Å². The predicted octanol–water partition coefficient (Wildman–Crippen LogP) is 4.35. The number of hydrogen-bond donors (Lipinski definition) is 1. The first-order chi connectivity index (χ1) is 13.2. The van der Waals surface area contributed by atoms with E-state index in [9.17, 15) is 9.59 Å². The zero-order chi connectivity index (χ0) is 19.1. The number of nitrogens with one attached hydrogen (secondary N) is 1. The van der Waals surface area contributed by atoms with Crippen LogP contribution in [0.15, 0.2) is 48.5 Å². The zero-order valence-electron chi connectivity index (χ0n) is 15.7.